The van der Waals surface area contributed by atoms with Crippen LogP contribution in [0.3, 0.4) is 0 Å². The van der Waals surface area contributed by atoms with Gasteiger partial charge in [0.2, 0.25) is 0 Å². The molecule has 0 fully saturated rings. The van der Waals surface area contributed by atoms with Crippen molar-refractivity contribution in [2.24, 2.45) is 5.41 Å². The highest BCUT2D eigenvalue weighted by Crippen LogP contribution is 2.31. The molecule has 32 heavy (non-hydrogen) atoms. The molecule has 10 heteroatoms. The fourth-order valence-electron chi connectivity index (χ4n) is 2.39. The second-order valence-corrected chi connectivity index (χ2v) is 9.69. The summed E-state index contributed by atoms with van der Waals surface area (Å²) in [6.07, 6.45) is 0. The van der Waals surface area contributed by atoms with Gasteiger partial charge in [0, 0.05) is 12.2 Å². The van der Waals surface area contributed by atoms with Crippen molar-refractivity contribution in [3.63, 3.8) is 0 Å². The Morgan fingerprint density at radius 1 is 1.06 bits per heavy atom. The molecule has 0 heterocycles. The lowest BCUT2D eigenvalue weighted by Crippen LogP contribution is -2.29. The molecule has 1 N–H and O–H groups in total. The number of rotatable bonds is 8. The summed E-state index contributed by atoms with van der Waals surface area (Å²) >= 11 is 0. The van der Waals surface area contributed by atoms with Crippen molar-refractivity contribution in [1.29, 1.82) is 0 Å². The number of carbonyl (C=O) groups excluding carboxylic acids is 1. The highest BCUT2D eigenvalue weighted by atomic mass is 32.2. The van der Waals surface area contributed by atoms with Crippen LogP contribution < -0.4 is 9.50 Å². The average molecular weight is 471 g/mol. The topological polar surface area (TPSA) is 81.7 Å². The standard InChI is InChI=1S/C22H24F3NO5S/c1-15(26-14-21(2,3)4)17-10-11-19(31-32(28,29)22(23,24)25)18(12-17)20(27)30-13-16-8-6-5-7-9-16/h5-12,26H,1,13-14H2,2-4H3. The van der Waals surface area contributed by atoms with Crippen LogP contribution in [-0.2, 0) is 21.5 Å². The van der Waals surface area contributed by atoms with Gasteiger partial charge in [-0.25, -0.2) is 4.79 Å². The van der Waals surface area contributed by atoms with Crippen LogP contribution in [0.5, 0.6) is 5.75 Å². The summed E-state index contributed by atoms with van der Waals surface area (Å²) in [5.74, 6) is -1.85. The third kappa shape index (κ3) is 7.01. The molecule has 0 aromatic heterocycles. The van der Waals surface area contributed by atoms with Gasteiger partial charge < -0.3 is 14.2 Å². The molecule has 0 saturated heterocycles. The van der Waals surface area contributed by atoms with Gasteiger partial charge >= 0.3 is 21.6 Å². The Morgan fingerprint density at radius 2 is 1.69 bits per heavy atom. The lowest BCUT2D eigenvalue weighted by molar-refractivity contribution is -0.0500. The molecule has 0 bridgehead atoms. The van der Waals surface area contributed by atoms with Crippen LogP contribution in [0.1, 0.15) is 42.3 Å². The zero-order valence-electron chi connectivity index (χ0n) is 17.8. The van der Waals surface area contributed by atoms with Crippen molar-refractivity contribution in [1.82, 2.24) is 5.32 Å². The summed E-state index contributed by atoms with van der Waals surface area (Å²) in [7, 11) is -5.98. The van der Waals surface area contributed by atoms with Gasteiger partial charge in [-0.05, 0) is 34.7 Å². The molecule has 0 spiro atoms. The number of hydrogen-bond donors (Lipinski definition) is 1. The summed E-state index contributed by atoms with van der Waals surface area (Å²) in [6.45, 7) is 10.2. The van der Waals surface area contributed by atoms with Crippen LogP contribution in [0.4, 0.5) is 13.2 Å². The molecule has 2 aromatic carbocycles. The van der Waals surface area contributed by atoms with Crippen molar-refractivity contribution in [3.05, 3.63) is 71.8 Å². The minimum Gasteiger partial charge on any atom is -0.457 e. The first-order chi connectivity index (χ1) is 14.7. The van der Waals surface area contributed by atoms with Gasteiger partial charge in [0.25, 0.3) is 0 Å². The van der Waals surface area contributed by atoms with E-state index in [1.165, 1.54) is 12.1 Å². The highest BCUT2D eigenvalue weighted by Gasteiger charge is 2.49. The Morgan fingerprint density at radius 3 is 2.25 bits per heavy atom. The van der Waals surface area contributed by atoms with E-state index in [2.05, 4.69) is 16.1 Å². The molecule has 2 rings (SSSR count). The monoisotopic (exact) mass is 471 g/mol. The van der Waals surface area contributed by atoms with Gasteiger partial charge in [-0.1, -0.05) is 57.7 Å². The molecule has 0 atom stereocenters. The number of hydrogen-bond acceptors (Lipinski definition) is 6. The predicted molar refractivity (Wildman–Crippen MR) is 114 cm³/mol. The molecule has 0 aliphatic carbocycles. The fraction of sp³-hybridized carbons (Fsp3) is 0.318. The number of halogens is 3. The molecular weight excluding hydrogens is 447 g/mol. The first kappa shape index (κ1) is 25.3. The molecule has 174 valence electrons. The SMILES string of the molecule is C=C(NCC(C)(C)C)c1ccc(OS(=O)(=O)C(F)(F)F)c(C(=O)OCc2ccccc2)c1. The zero-order chi connectivity index (χ0) is 24.2. The summed E-state index contributed by atoms with van der Waals surface area (Å²) in [6, 6.07) is 12.0. The summed E-state index contributed by atoms with van der Waals surface area (Å²) < 4.78 is 70.7. The van der Waals surface area contributed by atoms with E-state index < -0.39 is 32.9 Å². The molecule has 0 amide bonds. The average Bonchev–Trinajstić information content (AvgIpc) is 2.69. The Balaban J connectivity index is 2.35. The van der Waals surface area contributed by atoms with E-state index in [4.69, 9.17) is 4.74 Å². The van der Waals surface area contributed by atoms with E-state index in [0.717, 1.165) is 6.07 Å². The van der Waals surface area contributed by atoms with Crippen LogP contribution in [-0.4, -0.2) is 26.4 Å². The van der Waals surface area contributed by atoms with Gasteiger partial charge in [-0.2, -0.15) is 21.6 Å². The van der Waals surface area contributed by atoms with Crippen molar-refractivity contribution >= 4 is 21.8 Å². The summed E-state index contributed by atoms with van der Waals surface area (Å²) in [4.78, 5) is 12.6. The number of carbonyl (C=O) groups is 1. The Hall–Kier alpha value is -3.01. The van der Waals surface area contributed by atoms with Crippen LogP contribution >= 0.6 is 0 Å². The maximum Gasteiger partial charge on any atom is 0.534 e. The first-order valence-electron chi connectivity index (χ1n) is 9.49. The number of alkyl halides is 3. The highest BCUT2D eigenvalue weighted by molar-refractivity contribution is 7.88. The minimum absolute atomic E-state index is 0.0930. The molecule has 0 radical (unpaired) electrons. The van der Waals surface area contributed by atoms with E-state index in [0.29, 0.717) is 23.4 Å². The van der Waals surface area contributed by atoms with Crippen molar-refractivity contribution in [3.8, 4) is 5.75 Å². The molecule has 0 unspecified atom stereocenters. The lowest BCUT2D eigenvalue weighted by atomic mass is 9.96. The quantitative estimate of drug-likeness (QED) is 0.336. The van der Waals surface area contributed by atoms with Gasteiger partial charge in [-0.3, -0.25) is 0 Å². The maximum atomic E-state index is 12.8. The number of benzene rings is 2. The second-order valence-electron chi connectivity index (χ2n) is 8.15. The molecule has 0 aliphatic heterocycles. The van der Waals surface area contributed by atoms with Crippen molar-refractivity contribution < 1.29 is 35.3 Å². The van der Waals surface area contributed by atoms with Gasteiger partial charge in [0.15, 0.2) is 5.75 Å². The predicted octanol–water partition coefficient (Wildman–Crippen LogP) is 4.88. The Labute approximate surface area is 185 Å². The largest absolute Gasteiger partial charge is 0.534 e. The molecule has 0 aliphatic rings. The van der Waals surface area contributed by atoms with Crippen molar-refractivity contribution in [2.45, 2.75) is 32.9 Å². The smallest absolute Gasteiger partial charge is 0.457 e. The number of ether oxygens (including phenoxy) is 1. The van der Waals surface area contributed by atoms with Crippen LogP contribution in [0, 0.1) is 5.41 Å². The third-order valence-electron chi connectivity index (χ3n) is 4.08. The second kappa shape index (κ2) is 9.64. The van der Waals surface area contributed by atoms with Gasteiger partial charge in [0.1, 0.15) is 12.2 Å². The number of esters is 1. The molecular formula is C22H24F3NO5S. The van der Waals surface area contributed by atoms with Gasteiger partial charge in [-0.15, -0.1) is 0 Å². The third-order valence-corrected chi connectivity index (χ3v) is 5.04. The molecule has 0 saturated carbocycles. The van der Waals surface area contributed by atoms with Crippen LogP contribution in [0.2, 0.25) is 0 Å². The summed E-state index contributed by atoms with van der Waals surface area (Å²) in [5.41, 5.74) is -4.84. The minimum atomic E-state index is -5.98. The van der Waals surface area contributed by atoms with E-state index >= 15 is 0 Å². The van der Waals surface area contributed by atoms with E-state index in [1.54, 1.807) is 30.3 Å². The van der Waals surface area contributed by atoms with E-state index in [-0.39, 0.29) is 12.0 Å². The van der Waals surface area contributed by atoms with Crippen LogP contribution in [0.25, 0.3) is 5.70 Å². The normalized spacial score (nSPS) is 12.2. The van der Waals surface area contributed by atoms with Crippen molar-refractivity contribution in [2.75, 3.05) is 6.54 Å². The van der Waals surface area contributed by atoms with E-state index in [1.807, 2.05) is 20.8 Å². The van der Waals surface area contributed by atoms with Crippen LogP contribution in [0.15, 0.2) is 55.1 Å². The lowest BCUT2D eigenvalue weighted by Gasteiger charge is -2.21. The summed E-state index contributed by atoms with van der Waals surface area (Å²) in [5, 5.41) is 3.07. The van der Waals surface area contributed by atoms with Gasteiger partial charge in [0.05, 0.1) is 0 Å². The molecule has 2 aromatic rings. The molecule has 6 nitrogen and oxygen atoms in total. The maximum absolute atomic E-state index is 12.8. The zero-order valence-corrected chi connectivity index (χ0v) is 18.6. The van der Waals surface area contributed by atoms with E-state index in [9.17, 15) is 26.4 Å². The number of nitrogens with one attached hydrogen (secondary N) is 1. The Bertz CT molecular complexity index is 1070. The Kier molecular flexibility index (Phi) is 7.61. The first-order valence-corrected chi connectivity index (χ1v) is 10.9. The fourth-order valence-corrected chi connectivity index (χ4v) is 2.87.